The lowest BCUT2D eigenvalue weighted by atomic mass is 10.0. The van der Waals surface area contributed by atoms with Crippen molar-refractivity contribution >= 4 is 43.9 Å². The number of rotatable bonds is 8. The minimum absolute atomic E-state index is 0.00451. The first-order valence-electron chi connectivity index (χ1n) is 11.1. The largest absolute Gasteiger partial charge is 0.385 e. The molecule has 1 N–H and O–H groups in total. The quantitative estimate of drug-likeness (QED) is 0.310. The summed E-state index contributed by atoms with van der Waals surface area (Å²) in [6, 6.07) is 18.1. The average molecular weight is 398 g/mol. The Balaban J connectivity index is 1.55. The maximum absolute atomic E-state index is 13.4. The molecule has 0 saturated heterocycles. The number of hydrogen-bond donors (Lipinski definition) is 1. The van der Waals surface area contributed by atoms with Crippen LogP contribution in [-0.4, -0.2) is 15.9 Å². The molecule has 5 aromatic rings. The fourth-order valence-corrected chi connectivity index (χ4v) is 4.59. The van der Waals surface area contributed by atoms with E-state index in [1.54, 1.807) is 4.40 Å². The molecular weight excluding hydrogens is 370 g/mol. The van der Waals surface area contributed by atoms with Crippen LogP contribution in [0.1, 0.15) is 45.4 Å². The number of benzene rings is 3. The number of nitrogens with one attached hydrogen (secondary N) is 1. The third-order valence-electron chi connectivity index (χ3n) is 6.12. The third kappa shape index (κ3) is 3.07. The maximum atomic E-state index is 13.4. The van der Waals surface area contributed by atoms with Crippen LogP contribution in [0.25, 0.3) is 38.2 Å². The first kappa shape index (κ1) is 18.9. The first-order valence-corrected chi connectivity index (χ1v) is 11.1. The molecule has 2 aromatic heterocycles. The highest BCUT2D eigenvalue weighted by Gasteiger charge is 2.16. The second-order valence-corrected chi connectivity index (χ2v) is 8.15. The van der Waals surface area contributed by atoms with Crippen molar-refractivity contribution < 1.29 is 0 Å². The van der Waals surface area contributed by atoms with E-state index in [0.717, 1.165) is 50.5 Å². The SMILES string of the molecule is CCCCCCCCNc1ccc2c3c1cccc3c(=O)n1c3ccccc3nc21. The number of imidazole rings is 1. The molecule has 3 aromatic carbocycles. The summed E-state index contributed by atoms with van der Waals surface area (Å²) in [5.74, 6) is 0. The number of fused-ring (bicyclic) bond motifs is 4. The zero-order chi connectivity index (χ0) is 20.5. The number of unbranched alkanes of at least 4 members (excludes halogenated alkanes) is 5. The van der Waals surface area contributed by atoms with Crippen molar-refractivity contribution in [2.45, 2.75) is 45.4 Å². The molecular formula is C26H27N3O. The van der Waals surface area contributed by atoms with Crippen LogP contribution < -0.4 is 10.9 Å². The van der Waals surface area contributed by atoms with E-state index >= 15 is 0 Å². The van der Waals surface area contributed by atoms with Crippen LogP contribution in [-0.2, 0) is 0 Å². The molecule has 0 aliphatic heterocycles. The van der Waals surface area contributed by atoms with E-state index in [0.29, 0.717) is 0 Å². The molecule has 0 aliphatic rings. The van der Waals surface area contributed by atoms with Crippen LogP contribution in [0.5, 0.6) is 0 Å². The van der Waals surface area contributed by atoms with E-state index in [-0.39, 0.29) is 5.56 Å². The summed E-state index contributed by atoms with van der Waals surface area (Å²) in [5.41, 5.74) is 3.57. The summed E-state index contributed by atoms with van der Waals surface area (Å²) < 4.78 is 1.76. The van der Waals surface area contributed by atoms with E-state index in [4.69, 9.17) is 4.98 Å². The molecule has 0 aliphatic carbocycles. The highest BCUT2D eigenvalue weighted by Crippen LogP contribution is 2.33. The molecule has 0 fully saturated rings. The van der Waals surface area contributed by atoms with Gasteiger partial charge in [0.1, 0.15) is 5.65 Å². The number of para-hydroxylation sites is 2. The molecule has 0 unspecified atom stereocenters. The molecule has 2 heterocycles. The van der Waals surface area contributed by atoms with Gasteiger partial charge in [-0.1, -0.05) is 63.3 Å². The van der Waals surface area contributed by atoms with Gasteiger partial charge in [-0.25, -0.2) is 4.98 Å². The molecule has 152 valence electrons. The molecule has 0 amide bonds. The third-order valence-corrected chi connectivity index (χ3v) is 6.12. The van der Waals surface area contributed by atoms with Crippen LogP contribution in [0.15, 0.2) is 59.4 Å². The highest BCUT2D eigenvalue weighted by atomic mass is 16.1. The summed E-state index contributed by atoms with van der Waals surface area (Å²) >= 11 is 0. The van der Waals surface area contributed by atoms with Crippen molar-refractivity contribution in [2.75, 3.05) is 11.9 Å². The molecule has 0 spiro atoms. The Morgan fingerprint density at radius 1 is 0.833 bits per heavy atom. The Morgan fingerprint density at radius 3 is 2.53 bits per heavy atom. The summed E-state index contributed by atoms with van der Waals surface area (Å²) in [4.78, 5) is 18.2. The van der Waals surface area contributed by atoms with Crippen molar-refractivity contribution in [3.63, 3.8) is 0 Å². The lowest BCUT2D eigenvalue weighted by Gasteiger charge is -2.13. The van der Waals surface area contributed by atoms with Gasteiger partial charge in [0, 0.05) is 33.8 Å². The van der Waals surface area contributed by atoms with Gasteiger partial charge in [-0.15, -0.1) is 0 Å². The molecule has 0 saturated carbocycles. The monoisotopic (exact) mass is 397 g/mol. The van der Waals surface area contributed by atoms with Gasteiger partial charge in [-0.3, -0.25) is 9.20 Å². The topological polar surface area (TPSA) is 46.4 Å². The zero-order valence-electron chi connectivity index (χ0n) is 17.4. The second-order valence-electron chi connectivity index (χ2n) is 8.15. The Bertz CT molecular complexity index is 1390. The van der Waals surface area contributed by atoms with Gasteiger partial charge in [-0.2, -0.15) is 0 Å². The number of nitrogens with zero attached hydrogens (tertiary/aromatic N) is 2. The molecule has 5 rings (SSSR count). The summed E-state index contributed by atoms with van der Waals surface area (Å²) in [6.45, 7) is 3.20. The van der Waals surface area contributed by atoms with Crippen molar-refractivity contribution in [2.24, 2.45) is 0 Å². The van der Waals surface area contributed by atoms with Gasteiger partial charge in [0.25, 0.3) is 5.56 Å². The normalized spacial score (nSPS) is 11.9. The zero-order valence-corrected chi connectivity index (χ0v) is 17.4. The van der Waals surface area contributed by atoms with E-state index in [1.807, 2.05) is 36.4 Å². The lowest BCUT2D eigenvalue weighted by Crippen LogP contribution is -2.13. The van der Waals surface area contributed by atoms with Crippen molar-refractivity contribution in [1.82, 2.24) is 9.38 Å². The number of anilines is 1. The van der Waals surface area contributed by atoms with Gasteiger partial charge >= 0.3 is 0 Å². The van der Waals surface area contributed by atoms with Crippen molar-refractivity contribution in [3.05, 3.63) is 65.0 Å². The van der Waals surface area contributed by atoms with Crippen LogP contribution in [0, 0.1) is 0 Å². The van der Waals surface area contributed by atoms with Gasteiger partial charge in [0.05, 0.1) is 11.0 Å². The molecule has 4 nitrogen and oxygen atoms in total. The summed E-state index contributed by atoms with van der Waals surface area (Å²) in [5, 5.41) is 7.50. The Labute approximate surface area is 175 Å². The van der Waals surface area contributed by atoms with Gasteiger partial charge < -0.3 is 5.32 Å². The Hall–Kier alpha value is -3.14. The fourth-order valence-electron chi connectivity index (χ4n) is 4.59. The standard InChI is InChI=1S/C26H27N3O/c1-2-3-4-5-6-9-17-27-21-16-15-19-24-18(21)11-10-12-20(24)26(30)29-23-14-8-7-13-22(23)28-25(19)29/h7-8,10-16,27H,2-6,9,17H2,1H3. The Kier molecular flexibility index (Phi) is 4.99. The van der Waals surface area contributed by atoms with E-state index < -0.39 is 0 Å². The van der Waals surface area contributed by atoms with Crippen LogP contribution in [0.2, 0.25) is 0 Å². The summed E-state index contributed by atoms with van der Waals surface area (Å²) in [6.07, 6.45) is 7.69. The van der Waals surface area contributed by atoms with Crippen molar-refractivity contribution in [1.29, 1.82) is 0 Å². The smallest absolute Gasteiger partial charge is 0.264 e. The number of aromatic nitrogens is 2. The fraction of sp³-hybridized carbons (Fsp3) is 0.308. The average Bonchev–Trinajstić information content (AvgIpc) is 3.17. The molecule has 4 heteroatoms. The highest BCUT2D eigenvalue weighted by molar-refractivity contribution is 6.18. The van der Waals surface area contributed by atoms with E-state index in [1.165, 1.54) is 38.5 Å². The molecule has 0 bridgehead atoms. The minimum Gasteiger partial charge on any atom is -0.385 e. The van der Waals surface area contributed by atoms with Gasteiger partial charge in [-0.05, 0) is 36.8 Å². The number of hydrogen-bond acceptors (Lipinski definition) is 3. The van der Waals surface area contributed by atoms with Crippen molar-refractivity contribution in [3.8, 4) is 0 Å². The van der Waals surface area contributed by atoms with Crippen LogP contribution >= 0.6 is 0 Å². The molecule has 0 atom stereocenters. The molecule has 30 heavy (non-hydrogen) atoms. The predicted octanol–water partition coefficient (Wildman–Crippen LogP) is 6.36. The second kappa shape index (κ2) is 7.94. The lowest BCUT2D eigenvalue weighted by molar-refractivity contribution is 0.617. The number of pyridine rings is 1. The van der Waals surface area contributed by atoms with Crippen LogP contribution in [0.4, 0.5) is 5.69 Å². The van der Waals surface area contributed by atoms with E-state index in [2.05, 4.69) is 30.4 Å². The molecule has 0 radical (unpaired) electrons. The summed E-state index contributed by atoms with van der Waals surface area (Å²) in [7, 11) is 0. The minimum atomic E-state index is 0.00451. The maximum Gasteiger partial charge on any atom is 0.264 e. The van der Waals surface area contributed by atoms with Crippen LogP contribution in [0.3, 0.4) is 0 Å². The van der Waals surface area contributed by atoms with Gasteiger partial charge in [0.2, 0.25) is 0 Å². The Morgan fingerprint density at radius 2 is 1.63 bits per heavy atom. The first-order chi connectivity index (χ1) is 14.8. The predicted molar refractivity (Wildman–Crippen MR) is 127 cm³/mol. The van der Waals surface area contributed by atoms with E-state index in [9.17, 15) is 4.79 Å². The van der Waals surface area contributed by atoms with Gasteiger partial charge in [0.15, 0.2) is 0 Å².